The third kappa shape index (κ3) is 6.13. The van der Waals surface area contributed by atoms with Crippen molar-refractivity contribution in [1.82, 2.24) is 10.2 Å². The van der Waals surface area contributed by atoms with E-state index >= 15 is 0 Å². The number of benzene rings is 1. The Labute approximate surface area is 155 Å². The van der Waals surface area contributed by atoms with E-state index in [4.69, 9.17) is 0 Å². The molecule has 0 saturated carbocycles. The van der Waals surface area contributed by atoms with E-state index in [-0.39, 0.29) is 22.5 Å². The molecule has 6 nitrogen and oxygen atoms in total. The largest absolute Gasteiger partial charge is 0.355 e. The Morgan fingerprint density at radius 3 is 2.60 bits per heavy atom. The molecule has 25 heavy (non-hydrogen) atoms. The molecule has 2 rings (SSSR count). The molecule has 0 aliphatic carbocycles. The monoisotopic (exact) mass is 378 g/mol. The molecule has 1 aromatic heterocycles. The summed E-state index contributed by atoms with van der Waals surface area (Å²) in [7, 11) is 0. The lowest BCUT2D eigenvalue weighted by Gasteiger charge is -2.18. The van der Waals surface area contributed by atoms with E-state index in [1.54, 1.807) is 24.3 Å². The summed E-state index contributed by atoms with van der Waals surface area (Å²) in [4.78, 5) is 23.8. The highest BCUT2D eigenvalue weighted by atomic mass is 32.2. The van der Waals surface area contributed by atoms with Gasteiger partial charge in [-0.25, -0.2) is 0 Å². The fourth-order valence-electron chi connectivity index (χ4n) is 1.89. The zero-order chi connectivity index (χ0) is 18.6. The van der Waals surface area contributed by atoms with E-state index in [1.165, 1.54) is 30.0 Å². The molecule has 0 spiro atoms. The van der Waals surface area contributed by atoms with Crippen LogP contribution in [-0.2, 0) is 4.79 Å². The number of aromatic nitrogens is 2. The number of hydrogen-bond donors (Lipinski definition) is 2. The van der Waals surface area contributed by atoms with Crippen molar-refractivity contribution in [1.29, 1.82) is 0 Å². The Kier molecular flexibility index (Phi) is 6.18. The van der Waals surface area contributed by atoms with Gasteiger partial charge in [0.05, 0.1) is 5.25 Å². The van der Waals surface area contributed by atoms with Crippen LogP contribution in [0, 0.1) is 0 Å². The molecule has 134 valence electrons. The topological polar surface area (TPSA) is 84.0 Å². The molecular weight excluding hydrogens is 356 g/mol. The summed E-state index contributed by atoms with van der Waals surface area (Å²) in [6, 6.07) is 6.91. The number of Topliss-reactive ketones (excluding diaryl/α,β-unsaturated/α-hetero) is 1. The summed E-state index contributed by atoms with van der Waals surface area (Å²) >= 11 is 2.78. The first-order valence-electron chi connectivity index (χ1n) is 7.84. The van der Waals surface area contributed by atoms with E-state index in [2.05, 4.69) is 20.8 Å². The minimum atomic E-state index is -0.337. The lowest BCUT2D eigenvalue weighted by Crippen LogP contribution is -2.25. The molecule has 2 aromatic rings. The number of carbonyl (C=O) groups is 2. The number of amides is 1. The molecule has 0 aliphatic heterocycles. The van der Waals surface area contributed by atoms with E-state index < -0.39 is 0 Å². The number of ketones is 1. The first-order chi connectivity index (χ1) is 11.6. The maximum atomic E-state index is 12.4. The van der Waals surface area contributed by atoms with E-state index in [0.29, 0.717) is 11.3 Å². The van der Waals surface area contributed by atoms with Crippen LogP contribution in [0.4, 0.5) is 10.8 Å². The minimum Gasteiger partial charge on any atom is -0.355 e. The van der Waals surface area contributed by atoms with Gasteiger partial charge in [0.1, 0.15) is 0 Å². The molecule has 8 heteroatoms. The highest BCUT2D eigenvalue weighted by Crippen LogP contribution is 2.30. The van der Waals surface area contributed by atoms with Crippen molar-refractivity contribution in [2.24, 2.45) is 0 Å². The Hall–Kier alpha value is -1.93. The van der Waals surface area contributed by atoms with E-state index in [1.807, 2.05) is 27.7 Å². The molecular formula is C17H22N4O2S2. The molecule has 1 amide bonds. The van der Waals surface area contributed by atoms with Gasteiger partial charge in [-0.05, 0) is 46.8 Å². The SMILES string of the molecule is CC(=O)c1cccc(NC(=O)C(C)Sc2nnc(NC(C)(C)C)s2)c1. The Bertz CT molecular complexity index is 768. The predicted molar refractivity (Wildman–Crippen MR) is 104 cm³/mol. The molecule has 0 bridgehead atoms. The van der Waals surface area contributed by atoms with Crippen LogP contribution >= 0.6 is 23.1 Å². The Morgan fingerprint density at radius 2 is 1.96 bits per heavy atom. The Balaban J connectivity index is 1.96. The maximum Gasteiger partial charge on any atom is 0.237 e. The van der Waals surface area contributed by atoms with E-state index in [0.717, 1.165) is 9.47 Å². The average Bonchev–Trinajstić information content (AvgIpc) is 2.92. The number of nitrogens with zero attached hydrogens (tertiary/aromatic N) is 2. The second-order valence-corrected chi connectivity index (χ2v) is 9.20. The van der Waals surface area contributed by atoms with Crippen molar-refractivity contribution in [3.63, 3.8) is 0 Å². The van der Waals surface area contributed by atoms with Crippen molar-refractivity contribution in [3.05, 3.63) is 29.8 Å². The third-order valence-corrected chi connectivity index (χ3v) is 5.09. The number of anilines is 2. The summed E-state index contributed by atoms with van der Waals surface area (Å²) < 4.78 is 0.729. The number of thioether (sulfide) groups is 1. The summed E-state index contributed by atoms with van der Waals surface area (Å²) in [6.45, 7) is 9.45. The quantitative estimate of drug-likeness (QED) is 0.582. The minimum absolute atomic E-state index is 0.0359. The maximum absolute atomic E-state index is 12.4. The van der Waals surface area contributed by atoms with Crippen LogP contribution in [0.1, 0.15) is 45.0 Å². The Morgan fingerprint density at radius 1 is 1.24 bits per heavy atom. The lowest BCUT2D eigenvalue weighted by molar-refractivity contribution is -0.115. The first kappa shape index (κ1) is 19.4. The second-order valence-electron chi connectivity index (χ2n) is 6.63. The van der Waals surface area contributed by atoms with Crippen molar-refractivity contribution in [2.45, 2.75) is 49.7 Å². The summed E-state index contributed by atoms with van der Waals surface area (Å²) in [6.07, 6.45) is 0. The average molecular weight is 379 g/mol. The fourth-order valence-corrected chi connectivity index (χ4v) is 4.00. The predicted octanol–water partition coefficient (Wildman–Crippen LogP) is 4.07. The van der Waals surface area contributed by atoms with Gasteiger partial charge in [-0.15, -0.1) is 10.2 Å². The van der Waals surface area contributed by atoms with Crippen LogP contribution in [0.25, 0.3) is 0 Å². The molecule has 0 aliphatic rings. The van der Waals surface area contributed by atoms with Crippen LogP contribution in [0.15, 0.2) is 28.6 Å². The van der Waals surface area contributed by atoms with Gasteiger partial charge in [0, 0.05) is 16.8 Å². The molecule has 1 aromatic carbocycles. The van der Waals surface area contributed by atoms with Crippen LogP contribution in [0.3, 0.4) is 0 Å². The van der Waals surface area contributed by atoms with Gasteiger partial charge in [0.2, 0.25) is 11.0 Å². The molecule has 1 atom stereocenters. The summed E-state index contributed by atoms with van der Waals surface area (Å²) in [5.74, 6) is -0.183. The highest BCUT2D eigenvalue weighted by molar-refractivity contribution is 8.02. The zero-order valence-electron chi connectivity index (χ0n) is 14.9. The molecule has 1 heterocycles. The first-order valence-corrected chi connectivity index (χ1v) is 9.54. The lowest BCUT2D eigenvalue weighted by atomic mass is 10.1. The smallest absolute Gasteiger partial charge is 0.237 e. The number of hydrogen-bond acceptors (Lipinski definition) is 7. The number of carbonyl (C=O) groups excluding carboxylic acids is 2. The summed E-state index contributed by atoms with van der Waals surface area (Å²) in [5, 5.41) is 14.7. The third-order valence-electron chi connectivity index (χ3n) is 3.07. The van der Waals surface area contributed by atoms with Crippen LogP contribution in [0.5, 0.6) is 0 Å². The fraction of sp³-hybridized carbons (Fsp3) is 0.412. The van der Waals surface area contributed by atoms with Crippen molar-refractivity contribution in [3.8, 4) is 0 Å². The van der Waals surface area contributed by atoms with Gasteiger partial charge < -0.3 is 10.6 Å². The van der Waals surface area contributed by atoms with Gasteiger partial charge in [-0.2, -0.15) is 0 Å². The van der Waals surface area contributed by atoms with Crippen molar-refractivity contribution in [2.75, 3.05) is 10.6 Å². The normalized spacial score (nSPS) is 12.5. The van der Waals surface area contributed by atoms with Gasteiger partial charge in [0.15, 0.2) is 10.1 Å². The molecule has 2 N–H and O–H groups in total. The van der Waals surface area contributed by atoms with Crippen LogP contribution < -0.4 is 10.6 Å². The number of nitrogens with one attached hydrogen (secondary N) is 2. The van der Waals surface area contributed by atoms with Crippen molar-refractivity contribution >= 4 is 45.6 Å². The molecule has 0 saturated heterocycles. The van der Waals surface area contributed by atoms with Crippen LogP contribution in [0.2, 0.25) is 0 Å². The summed E-state index contributed by atoms with van der Waals surface area (Å²) in [5.41, 5.74) is 1.09. The van der Waals surface area contributed by atoms with Gasteiger partial charge in [-0.1, -0.05) is 35.2 Å². The number of rotatable bonds is 6. The standard InChI is InChI=1S/C17H22N4O2S2/c1-10(22)12-7-6-8-13(9-12)18-14(23)11(2)24-16-21-20-15(25-16)19-17(3,4)5/h6-9,11H,1-5H3,(H,18,23)(H,19,20). The second kappa shape index (κ2) is 7.97. The highest BCUT2D eigenvalue weighted by Gasteiger charge is 2.19. The molecule has 0 radical (unpaired) electrons. The van der Waals surface area contributed by atoms with Gasteiger partial charge in [-0.3, -0.25) is 9.59 Å². The van der Waals surface area contributed by atoms with Crippen LogP contribution in [-0.4, -0.2) is 32.7 Å². The van der Waals surface area contributed by atoms with Gasteiger partial charge >= 0.3 is 0 Å². The van der Waals surface area contributed by atoms with Gasteiger partial charge in [0.25, 0.3) is 0 Å². The molecule has 1 unspecified atom stereocenters. The van der Waals surface area contributed by atoms with E-state index in [9.17, 15) is 9.59 Å². The molecule has 0 fully saturated rings. The zero-order valence-corrected chi connectivity index (χ0v) is 16.5. The van der Waals surface area contributed by atoms with Crippen molar-refractivity contribution < 1.29 is 9.59 Å².